The Kier molecular flexibility index (Phi) is 5.85. The molecule has 2 atom stereocenters. The summed E-state index contributed by atoms with van der Waals surface area (Å²) in [7, 11) is 1.75. The molecule has 4 heterocycles. The first-order chi connectivity index (χ1) is 19.3. The number of ether oxygens (including phenoxy) is 1. The fourth-order valence-corrected chi connectivity index (χ4v) is 5.50. The van der Waals surface area contributed by atoms with Crippen LogP contribution >= 0.6 is 0 Å². The maximum atomic E-state index is 14.1. The first kappa shape index (κ1) is 26.7. The number of carbonyl (C=O) groups is 3. The Morgan fingerprint density at radius 3 is 2.68 bits per heavy atom. The zero-order chi connectivity index (χ0) is 29.3. The van der Waals surface area contributed by atoms with Gasteiger partial charge in [-0.1, -0.05) is 0 Å². The number of imide groups is 1. The van der Waals surface area contributed by atoms with Gasteiger partial charge in [-0.2, -0.15) is 18.3 Å². The summed E-state index contributed by atoms with van der Waals surface area (Å²) in [6, 6.07) is 3.71. The van der Waals surface area contributed by atoms with Gasteiger partial charge >= 0.3 is 12.2 Å². The third kappa shape index (κ3) is 4.10. The lowest BCUT2D eigenvalue weighted by atomic mass is 9.92. The Morgan fingerprint density at radius 2 is 1.98 bits per heavy atom. The van der Waals surface area contributed by atoms with E-state index in [9.17, 15) is 37.1 Å². The highest BCUT2D eigenvalue weighted by Gasteiger charge is 2.62. The van der Waals surface area contributed by atoms with Crippen molar-refractivity contribution in [1.29, 1.82) is 0 Å². The van der Waals surface area contributed by atoms with Crippen LogP contribution in [0.4, 0.5) is 22.4 Å². The maximum Gasteiger partial charge on any atom is 0.440 e. The Labute approximate surface area is 229 Å². The van der Waals surface area contributed by atoms with Crippen LogP contribution in [-0.4, -0.2) is 72.6 Å². The van der Waals surface area contributed by atoms with Crippen LogP contribution in [0.1, 0.15) is 23.1 Å². The molecule has 4 amide bonds. The summed E-state index contributed by atoms with van der Waals surface area (Å²) < 4.78 is 62.8. The summed E-state index contributed by atoms with van der Waals surface area (Å²) in [6.07, 6.45) is -0.0147. The summed E-state index contributed by atoms with van der Waals surface area (Å²) in [5.41, 5.74) is -3.01. The molecule has 1 spiro atoms. The van der Waals surface area contributed by atoms with Crippen molar-refractivity contribution in [3.8, 4) is 17.0 Å². The average Bonchev–Trinajstić information content (AvgIpc) is 3.54. The van der Waals surface area contributed by atoms with Crippen LogP contribution in [0, 0.1) is 5.82 Å². The highest BCUT2D eigenvalue weighted by Crippen LogP contribution is 2.43. The molecule has 6 rings (SSSR count). The minimum atomic E-state index is -5.39. The van der Waals surface area contributed by atoms with Crippen molar-refractivity contribution < 1.29 is 41.8 Å². The van der Waals surface area contributed by atoms with E-state index < -0.39 is 60.8 Å². The Morgan fingerprint density at radius 1 is 1.20 bits per heavy atom. The topological polar surface area (TPSA) is 130 Å². The normalized spacial score (nSPS) is 23.8. The number of benzene rings is 1. The number of fused-ring (bicyclic) bond motifs is 3. The smallest absolute Gasteiger partial charge is 0.440 e. The standard InChI is InChI=1S/C26H22F4N6O5/c1-34-10-16(8-32-34)19-7-14-4-5-24(18(14)9-31-19)22(38)35(23(39)33-24)12-21(37)36-11-15-6-17(27)2-3-20(15)41-13-25(36,40)26(28,29)30/h2-3,6-10,40H,4-5,11-13H2,1H3,(H,33,39)/t24-,25+/m1/s1. The lowest BCUT2D eigenvalue weighted by Gasteiger charge is -2.38. The number of hydrogen-bond acceptors (Lipinski definition) is 7. The lowest BCUT2D eigenvalue weighted by molar-refractivity contribution is -0.317. The third-order valence-electron chi connectivity index (χ3n) is 7.67. The number of halogens is 4. The molecule has 2 aromatic heterocycles. The Balaban J connectivity index is 1.29. The summed E-state index contributed by atoms with van der Waals surface area (Å²) in [4.78, 5) is 44.9. The summed E-state index contributed by atoms with van der Waals surface area (Å²) in [5, 5.41) is 17.4. The molecule has 1 aliphatic carbocycles. The van der Waals surface area contributed by atoms with Crippen LogP contribution < -0.4 is 10.1 Å². The maximum absolute atomic E-state index is 14.1. The minimum Gasteiger partial charge on any atom is -0.488 e. The molecular weight excluding hydrogens is 552 g/mol. The zero-order valence-electron chi connectivity index (χ0n) is 21.4. The number of nitrogens with zero attached hydrogens (tertiary/aromatic N) is 5. The Bertz CT molecular complexity index is 1610. The van der Waals surface area contributed by atoms with Crippen LogP contribution in [0.5, 0.6) is 5.75 Å². The van der Waals surface area contributed by atoms with E-state index in [1.165, 1.54) is 6.20 Å². The number of hydrogen-bond donors (Lipinski definition) is 2. The number of pyridine rings is 1. The molecule has 0 bridgehead atoms. The number of aliphatic hydroxyl groups is 1. The minimum absolute atomic E-state index is 0.0498. The fraction of sp³-hybridized carbons (Fsp3) is 0.346. The number of urea groups is 1. The van der Waals surface area contributed by atoms with E-state index in [4.69, 9.17) is 4.74 Å². The van der Waals surface area contributed by atoms with Crippen LogP contribution in [0.15, 0.2) is 42.9 Å². The van der Waals surface area contributed by atoms with Crippen molar-refractivity contribution in [2.75, 3.05) is 13.2 Å². The van der Waals surface area contributed by atoms with Crippen LogP contribution in [0.2, 0.25) is 0 Å². The second-order valence-corrected chi connectivity index (χ2v) is 10.2. The van der Waals surface area contributed by atoms with Gasteiger partial charge in [0.2, 0.25) is 5.91 Å². The first-order valence-electron chi connectivity index (χ1n) is 12.5. The van der Waals surface area contributed by atoms with Crippen molar-refractivity contribution >= 4 is 17.8 Å². The fourth-order valence-electron chi connectivity index (χ4n) is 5.50. The molecule has 1 aromatic carbocycles. The van der Waals surface area contributed by atoms with Gasteiger partial charge in [0, 0.05) is 36.1 Å². The van der Waals surface area contributed by atoms with Gasteiger partial charge in [0.15, 0.2) is 0 Å². The zero-order valence-corrected chi connectivity index (χ0v) is 21.4. The Hall–Kier alpha value is -4.53. The highest BCUT2D eigenvalue weighted by molar-refractivity contribution is 6.10. The van der Waals surface area contributed by atoms with E-state index in [0.29, 0.717) is 22.6 Å². The number of aryl methyl sites for hydroxylation is 2. The molecule has 2 aliphatic heterocycles. The molecular formula is C26H22F4N6O5. The molecule has 11 nitrogen and oxygen atoms in total. The molecule has 0 unspecified atom stereocenters. The highest BCUT2D eigenvalue weighted by atomic mass is 19.4. The number of rotatable bonds is 3. The first-order valence-corrected chi connectivity index (χ1v) is 12.5. The van der Waals surface area contributed by atoms with Crippen LogP contribution in [0.3, 0.4) is 0 Å². The largest absolute Gasteiger partial charge is 0.488 e. The summed E-state index contributed by atoms with van der Waals surface area (Å²) >= 11 is 0. The van der Waals surface area contributed by atoms with Gasteiger partial charge < -0.3 is 15.2 Å². The predicted octanol–water partition coefficient (Wildman–Crippen LogP) is 1.99. The number of carbonyl (C=O) groups excluding carboxylic acids is 3. The molecule has 2 N–H and O–H groups in total. The lowest BCUT2D eigenvalue weighted by Crippen LogP contribution is -2.64. The van der Waals surface area contributed by atoms with E-state index in [2.05, 4.69) is 15.4 Å². The second kappa shape index (κ2) is 8.99. The van der Waals surface area contributed by atoms with Crippen molar-refractivity contribution in [2.24, 2.45) is 7.05 Å². The average molecular weight is 574 g/mol. The van der Waals surface area contributed by atoms with Gasteiger partial charge in [0.25, 0.3) is 11.6 Å². The van der Waals surface area contributed by atoms with E-state index in [-0.39, 0.29) is 22.6 Å². The summed E-state index contributed by atoms with van der Waals surface area (Å²) in [5.74, 6) is -3.18. The predicted molar refractivity (Wildman–Crippen MR) is 130 cm³/mol. The van der Waals surface area contributed by atoms with E-state index in [1.54, 1.807) is 30.2 Å². The van der Waals surface area contributed by atoms with E-state index >= 15 is 0 Å². The molecule has 3 aromatic rings. The van der Waals surface area contributed by atoms with Crippen LogP contribution in [0.25, 0.3) is 11.3 Å². The summed E-state index contributed by atoms with van der Waals surface area (Å²) in [6.45, 7) is -3.39. The molecule has 3 aliphatic rings. The van der Waals surface area contributed by atoms with E-state index in [0.717, 1.165) is 29.3 Å². The van der Waals surface area contributed by atoms with Crippen molar-refractivity contribution in [2.45, 2.75) is 36.8 Å². The number of alkyl halides is 3. The molecule has 1 saturated heterocycles. The van der Waals surface area contributed by atoms with Crippen LogP contribution in [-0.2, 0) is 35.1 Å². The number of amides is 4. The second-order valence-electron chi connectivity index (χ2n) is 10.2. The van der Waals surface area contributed by atoms with Gasteiger partial charge in [0.1, 0.15) is 30.3 Å². The number of aromatic nitrogens is 3. The molecule has 15 heteroatoms. The monoisotopic (exact) mass is 574 g/mol. The third-order valence-corrected chi connectivity index (χ3v) is 7.67. The van der Waals surface area contributed by atoms with Gasteiger partial charge in [-0.05, 0) is 42.7 Å². The molecule has 41 heavy (non-hydrogen) atoms. The van der Waals surface area contributed by atoms with Gasteiger partial charge in [-0.15, -0.1) is 0 Å². The SMILES string of the molecule is Cn1cc(-c2cc3c(cn2)[C@@]2(CC3)NC(=O)N(CC(=O)N3Cc4cc(F)ccc4OC[C@]3(O)C(F)(F)F)C2=O)cn1. The molecule has 0 radical (unpaired) electrons. The number of nitrogens with one attached hydrogen (secondary N) is 1. The van der Waals surface area contributed by atoms with Crippen molar-refractivity contribution in [3.63, 3.8) is 0 Å². The van der Waals surface area contributed by atoms with Gasteiger partial charge in [-0.25, -0.2) is 9.18 Å². The molecule has 0 saturated carbocycles. The quantitative estimate of drug-likeness (QED) is 0.362. The van der Waals surface area contributed by atoms with Crippen molar-refractivity contribution in [1.82, 2.24) is 29.9 Å². The van der Waals surface area contributed by atoms with Crippen molar-refractivity contribution in [3.05, 3.63) is 65.4 Å². The molecule has 214 valence electrons. The van der Waals surface area contributed by atoms with Gasteiger partial charge in [0.05, 0.1) is 18.4 Å². The van der Waals surface area contributed by atoms with Gasteiger partial charge in [-0.3, -0.25) is 29.1 Å². The van der Waals surface area contributed by atoms with E-state index in [1.807, 2.05) is 0 Å². The molecule has 1 fully saturated rings.